The van der Waals surface area contributed by atoms with Crippen LogP contribution in [0.1, 0.15) is 43.5 Å². The Bertz CT molecular complexity index is 918. The van der Waals surface area contributed by atoms with Gasteiger partial charge in [0.05, 0.1) is 26.9 Å². The van der Waals surface area contributed by atoms with E-state index in [9.17, 15) is 14.4 Å². The van der Waals surface area contributed by atoms with Gasteiger partial charge in [0.15, 0.2) is 0 Å². The van der Waals surface area contributed by atoms with Gasteiger partial charge in [0, 0.05) is 5.92 Å². The third-order valence-corrected chi connectivity index (χ3v) is 6.00. The fourth-order valence-electron chi connectivity index (χ4n) is 3.15. The first-order chi connectivity index (χ1) is 13.4. The van der Waals surface area contributed by atoms with Gasteiger partial charge in [-0.05, 0) is 42.5 Å². The Kier molecular flexibility index (Phi) is 5.69. The van der Waals surface area contributed by atoms with E-state index in [4.69, 9.17) is 14.2 Å². The second kappa shape index (κ2) is 8.02. The summed E-state index contributed by atoms with van der Waals surface area (Å²) >= 11 is 1.01. The summed E-state index contributed by atoms with van der Waals surface area (Å²) in [7, 11) is 4.12. The lowest BCUT2D eigenvalue weighted by Crippen LogP contribution is -2.16. The Morgan fingerprint density at radius 1 is 1.04 bits per heavy atom. The van der Waals surface area contributed by atoms with Crippen molar-refractivity contribution >= 4 is 34.2 Å². The highest BCUT2D eigenvalue weighted by Crippen LogP contribution is 2.48. The smallest absolute Gasteiger partial charge is 0.348 e. The molecule has 1 fully saturated rings. The van der Waals surface area contributed by atoms with E-state index >= 15 is 0 Å². The average molecular weight is 403 g/mol. The van der Waals surface area contributed by atoms with Crippen LogP contribution >= 0.6 is 11.3 Å². The van der Waals surface area contributed by atoms with Gasteiger partial charge in [-0.3, -0.25) is 4.79 Å². The highest BCUT2D eigenvalue weighted by atomic mass is 32.1. The molecule has 1 N–H and O–H groups in total. The largest absolute Gasteiger partial charge is 0.497 e. The van der Waals surface area contributed by atoms with Gasteiger partial charge in [-0.2, -0.15) is 0 Å². The molecule has 1 aromatic heterocycles. The second-order valence-corrected chi connectivity index (χ2v) is 7.48. The number of carbonyl (C=O) groups is 3. The molecule has 0 bridgehead atoms. The maximum atomic E-state index is 12.7. The number of hydrogen-bond acceptors (Lipinski definition) is 7. The second-order valence-electron chi connectivity index (χ2n) is 6.45. The number of thiophene rings is 1. The molecule has 1 heterocycles. The maximum Gasteiger partial charge on any atom is 0.348 e. The monoisotopic (exact) mass is 403 g/mol. The van der Waals surface area contributed by atoms with Crippen LogP contribution in [0, 0.1) is 12.8 Å². The zero-order valence-corrected chi connectivity index (χ0v) is 16.8. The van der Waals surface area contributed by atoms with Crippen molar-refractivity contribution in [3.63, 3.8) is 0 Å². The zero-order valence-electron chi connectivity index (χ0n) is 16.0. The van der Waals surface area contributed by atoms with E-state index in [0.717, 1.165) is 29.1 Å². The van der Waals surface area contributed by atoms with Crippen molar-refractivity contribution in [2.24, 2.45) is 5.92 Å². The third kappa shape index (κ3) is 3.73. The molecule has 7 nitrogen and oxygen atoms in total. The normalized spacial score (nSPS) is 17.6. The molecule has 1 saturated carbocycles. The van der Waals surface area contributed by atoms with E-state index in [1.807, 2.05) is 24.3 Å². The molecular weight excluding hydrogens is 382 g/mol. The molecule has 0 saturated heterocycles. The van der Waals surface area contributed by atoms with Gasteiger partial charge in [-0.1, -0.05) is 12.1 Å². The molecule has 3 rings (SSSR count). The molecule has 1 aromatic carbocycles. The summed E-state index contributed by atoms with van der Waals surface area (Å²) in [5, 5.41) is 3.10. The van der Waals surface area contributed by atoms with Crippen molar-refractivity contribution in [2.75, 3.05) is 26.6 Å². The molecule has 0 spiro atoms. The third-order valence-electron chi connectivity index (χ3n) is 4.81. The van der Waals surface area contributed by atoms with E-state index in [0.29, 0.717) is 10.6 Å². The molecule has 2 aromatic rings. The van der Waals surface area contributed by atoms with Crippen LogP contribution in [0.15, 0.2) is 24.3 Å². The van der Waals surface area contributed by atoms with Crippen LogP contribution in [0.3, 0.4) is 0 Å². The minimum atomic E-state index is -0.610. The summed E-state index contributed by atoms with van der Waals surface area (Å²) in [6.07, 6.45) is 0.722. The van der Waals surface area contributed by atoms with Crippen molar-refractivity contribution in [3.8, 4) is 5.75 Å². The van der Waals surface area contributed by atoms with E-state index < -0.39 is 11.9 Å². The van der Waals surface area contributed by atoms with E-state index in [1.54, 1.807) is 14.0 Å². The summed E-state index contributed by atoms with van der Waals surface area (Å²) in [4.78, 5) is 37.1. The molecule has 2 unspecified atom stereocenters. The number of anilines is 1. The van der Waals surface area contributed by atoms with Gasteiger partial charge in [0.2, 0.25) is 5.91 Å². The van der Waals surface area contributed by atoms with Crippen LogP contribution in [-0.4, -0.2) is 39.2 Å². The standard InChI is InChI=1S/C20H21NO6S/c1-10-15(19(23)26-3)18(28-16(10)20(24)27-4)21-17(22)14-9-13(14)11-5-7-12(25-2)8-6-11/h5-8,13-14H,9H2,1-4H3,(H,21,22). The number of benzene rings is 1. The number of amides is 1. The fourth-order valence-corrected chi connectivity index (χ4v) is 4.26. The Balaban J connectivity index is 1.78. The minimum absolute atomic E-state index is 0.119. The zero-order chi connectivity index (χ0) is 20.4. The van der Waals surface area contributed by atoms with Crippen LogP contribution in [0.4, 0.5) is 5.00 Å². The highest BCUT2D eigenvalue weighted by Gasteiger charge is 2.44. The predicted molar refractivity (Wildman–Crippen MR) is 104 cm³/mol. The van der Waals surface area contributed by atoms with Gasteiger partial charge in [0.1, 0.15) is 15.6 Å². The number of carbonyl (C=O) groups excluding carboxylic acids is 3. The lowest BCUT2D eigenvalue weighted by molar-refractivity contribution is -0.117. The molecule has 1 aliphatic carbocycles. The molecular formula is C20H21NO6S. The summed E-state index contributed by atoms with van der Waals surface area (Å²) in [6, 6.07) is 7.62. The number of methoxy groups -OCH3 is 3. The van der Waals surface area contributed by atoms with Crippen LogP contribution in [0.2, 0.25) is 0 Å². The van der Waals surface area contributed by atoms with E-state index in [2.05, 4.69) is 5.32 Å². The van der Waals surface area contributed by atoms with Crippen LogP contribution in [0.25, 0.3) is 0 Å². The molecule has 1 aliphatic rings. The quantitative estimate of drug-likeness (QED) is 0.744. The van der Waals surface area contributed by atoms with Gasteiger partial charge >= 0.3 is 11.9 Å². The number of hydrogen-bond donors (Lipinski definition) is 1. The SMILES string of the molecule is COC(=O)c1sc(NC(=O)C2CC2c2ccc(OC)cc2)c(C(=O)OC)c1C. The Morgan fingerprint density at radius 2 is 1.68 bits per heavy atom. The molecule has 2 atom stereocenters. The van der Waals surface area contributed by atoms with Gasteiger partial charge in [-0.25, -0.2) is 9.59 Å². The van der Waals surface area contributed by atoms with Crippen molar-refractivity contribution in [2.45, 2.75) is 19.3 Å². The topological polar surface area (TPSA) is 90.9 Å². The van der Waals surface area contributed by atoms with E-state index in [-0.39, 0.29) is 28.2 Å². The van der Waals surface area contributed by atoms with Gasteiger partial charge in [0.25, 0.3) is 0 Å². The minimum Gasteiger partial charge on any atom is -0.497 e. The lowest BCUT2D eigenvalue weighted by atomic mass is 10.1. The molecule has 28 heavy (non-hydrogen) atoms. The van der Waals surface area contributed by atoms with Crippen molar-refractivity contribution in [1.29, 1.82) is 0 Å². The summed E-state index contributed by atoms with van der Waals surface area (Å²) in [5.74, 6) is -0.671. The first-order valence-electron chi connectivity index (χ1n) is 8.66. The molecule has 8 heteroatoms. The van der Waals surface area contributed by atoms with Crippen molar-refractivity contribution in [3.05, 3.63) is 45.8 Å². The lowest BCUT2D eigenvalue weighted by Gasteiger charge is -2.06. The van der Waals surface area contributed by atoms with Crippen molar-refractivity contribution in [1.82, 2.24) is 0 Å². The Hall–Kier alpha value is -2.87. The highest BCUT2D eigenvalue weighted by molar-refractivity contribution is 7.18. The van der Waals surface area contributed by atoms with Crippen LogP contribution in [0.5, 0.6) is 5.75 Å². The molecule has 0 radical (unpaired) electrons. The fraction of sp³-hybridized carbons (Fsp3) is 0.350. The van der Waals surface area contributed by atoms with Gasteiger partial charge < -0.3 is 19.5 Å². The summed E-state index contributed by atoms with van der Waals surface area (Å²) < 4.78 is 14.7. The summed E-state index contributed by atoms with van der Waals surface area (Å²) in [5.41, 5.74) is 1.68. The number of esters is 2. The van der Waals surface area contributed by atoms with E-state index in [1.165, 1.54) is 14.2 Å². The van der Waals surface area contributed by atoms with Gasteiger partial charge in [-0.15, -0.1) is 11.3 Å². The average Bonchev–Trinajstić information content (AvgIpc) is 3.45. The number of rotatable bonds is 6. The summed E-state index contributed by atoms with van der Waals surface area (Å²) in [6.45, 7) is 1.63. The first-order valence-corrected chi connectivity index (χ1v) is 9.47. The molecule has 1 amide bonds. The van der Waals surface area contributed by atoms with Crippen LogP contribution < -0.4 is 10.1 Å². The predicted octanol–water partition coefficient (Wildman–Crippen LogP) is 3.38. The first kappa shape index (κ1) is 19.9. The maximum absolute atomic E-state index is 12.7. The van der Waals surface area contributed by atoms with Crippen LogP contribution in [-0.2, 0) is 14.3 Å². The number of ether oxygens (including phenoxy) is 3. The number of nitrogens with one attached hydrogen (secondary N) is 1. The molecule has 0 aliphatic heterocycles. The Morgan fingerprint density at radius 3 is 2.25 bits per heavy atom. The Labute approximate surface area is 166 Å². The molecule has 148 valence electrons. The van der Waals surface area contributed by atoms with Crippen molar-refractivity contribution < 1.29 is 28.6 Å².